The van der Waals surface area contributed by atoms with E-state index < -0.39 is 24.3 Å². The third kappa shape index (κ3) is 3.59. The van der Waals surface area contributed by atoms with Gasteiger partial charge in [0, 0.05) is 17.2 Å². The molecule has 2 aliphatic rings. The van der Waals surface area contributed by atoms with Gasteiger partial charge in [-0.15, -0.1) is 21.5 Å². The lowest BCUT2D eigenvalue weighted by molar-refractivity contribution is -0.138. The van der Waals surface area contributed by atoms with Crippen LogP contribution < -0.4 is 4.90 Å². The Bertz CT molecular complexity index is 1160. The van der Waals surface area contributed by atoms with Gasteiger partial charge in [0.2, 0.25) is 0 Å². The maximum absolute atomic E-state index is 13.7. The van der Waals surface area contributed by atoms with E-state index in [1.165, 1.54) is 22.3 Å². The first-order valence-electron chi connectivity index (χ1n) is 10.4. The highest BCUT2D eigenvalue weighted by Gasteiger charge is 2.41. The zero-order valence-corrected chi connectivity index (χ0v) is 17.8. The number of amides is 1. The molecular formula is C23H20F3N3O2S. The van der Waals surface area contributed by atoms with Crippen molar-refractivity contribution in [3.8, 4) is 0 Å². The van der Waals surface area contributed by atoms with E-state index in [9.17, 15) is 23.1 Å². The van der Waals surface area contributed by atoms with E-state index in [0.717, 1.165) is 35.9 Å². The number of carbonyl (C=O) groups is 1. The van der Waals surface area contributed by atoms with Gasteiger partial charge < -0.3 is 10.0 Å². The zero-order valence-electron chi connectivity index (χ0n) is 17.0. The van der Waals surface area contributed by atoms with E-state index in [2.05, 4.69) is 10.2 Å². The molecule has 2 aromatic carbocycles. The van der Waals surface area contributed by atoms with Crippen LogP contribution in [-0.2, 0) is 19.3 Å². The van der Waals surface area contributed by atoms with Crippen molar-refractivity contribution < 1.29 is 23.1 Å². The molecule has 5 nitrogen and oxygen atoms in total. The summed E-state index contributed by atoms with van der Waals surface area (Å²) in [6, 6.07) is 9.72. The largest absolute Gasteiger partial charge is 0.416 e. The van der Waals surface area contributed by atoms with Gasteiger partial charge in [-0.05, 0) is 59.7 Å². The Morgan fingerprint density at radius 2 is 2.03 bits per heavy atom. The van der Waals surface area contributed by atoms with Crippen molar-refractivity contribution in [1.82, 2.24) is 10.2 Å². The van der Waals surface area contributed by atoms with Crippen LogP contribution in [0.15, 0.2) is 41.9 Å². The normalized spacial score (nSPS) is 17.4. The summed E-state index contributed by atoms with van der Waals surface area (Å²) in [7, 11) is 0. The molecule has 2 heterocycles. The number of alkyl halides is 3. The molecule has 1 amide bonds. The first-order valence-corrected chi connectivity index (χ1v) is 11.3. The first-order chi connectivity index (χ1) is 15.4. The highest BCUT2D eigenvalue weighted by atomic mass is 32.1. The highest BCUT2D eigenvalue weighted by Crippen LogP contribution is 2.45. The summed E-state index contributed by atoms with van der Waals surface area (Å²) >= 11 is 1.49. The average molecular weight is 459 g/mol. The van der Waals surface area contributed by atoms with Gasteiger partial charge in [-0.1, -0.05) is 18.6 Å². The molecule has 1 aromatic heterocycles. The van der Waals surface area contributed by atoms with Gasteiger partial charge >= 0.3 is 6.18 Å². The second-order valence-electron chi connectivity index (χ2n) is 8.26. The monoisotopic (exact) mass is 459 g/mol. The quantitative estimate of drug-likeness (QED) is 0.574. The lowest BCUT2D eigenvalue weighted by atomic mass is 9.73. The van der Waals surface area contributed by atoms with E-state index in [1.54, 1.807) is 11.6 Å². The standard InChI is InChI=1S/C23H20F3N3O2S/c24-23(25,26)19-8-13(11-30)7-17-18(19)10-29(22(17)31)16-6-2-5-15(9-16)20(14-3-1-4-14)21-28-27-12-32-21/h2,5-9,12,14,20,30H,1,3-4,10-11H2/t20-/m1/s1. The van der Waals surface area contributed by atoms with Crippen LogP contribution in [0.3, 0.4) is 0 Å². The molecule has 0 unspecified atom stereocenters. The van der Waals surface area contributed by atoms with Crippen molar-refractivity contribution in [1.29, 1.82) is 0 Å². The van der Waals surface area contributed by atoms with Crippen molar-refractivity contribution in [3.05, 3.63) is 74.7 Å². The van der Waals surface area contributed by atoms with Crippen LogP contribution in [0.25, 0.3) is 0 Å². The Balaban J connectivity index is 1.53. The minimum Gasteiger partial charge on any atom is -0.392 e. The van der Waals surface area contributed by atoms with Crippen LogP contribution in [0.5, 0.6) is 0 Å². The van der Waals surface area contributed by atoms with Crippen LogP contribution in [0, 0.1) is 5.92 Å². The van der Waals surface area contributed by atoms with E-state index in [4.69, 9.17) is 0 Å². The van der Waals surface area contributed by atoms with Gasteiger partial charge in [0.1, 0.15) is 10.5 Å². The summed E-state index contributed by atoms with van der Waals surface area (Å²) in [5, 5.41) is 18.5. The van der Waals surface area contributed by atoms with E-state index in [-0.39, 0.29) is 29.2 Å². The molecule has 1 aliphatic heterocycles. The Kier molecular flexibility index (Phi) is 5.25. The molecule has 32 heavy (non-hydrogen) atoms. The van der Waals surface area contributed by atoms with Crippen LogP contribution >= 0.6 is 11.3 Å². The maximum atomic E-state index is 13.7. The molecule has 1 saturated carbocycles. The predicted octanol–water partition coefficient (Wildman–Crippen LogP) is 5.14. The maximum Gasteiger partial charge on any atom is 0.416 e. The molecule has 0 spiro atoms. The molecule has 0 radical (unpaired) electrons. The van der Waals surface area contributed by atoms with E-state index in [1.807, 2.05) is 18.2 Å². The number of anilines is 1. The van der Waals surface area contributed by atoms with Crippen molar-refractivity contribution in [2.75, 3.05) is 4.90 Å². The number of benzene rings is 2. The molecule has 1 atom stereocenters. The fourth-order valence-corrected chi connectivity index (χ4v) is 5.39. The Morgan fingerprint density at radius 1 is 1.22 bits per heavy atom. The Labute approximate surface area is 186 Å². The summed E-state index contributed by atoms with van der Waals surface area (Å²) in [5.41, 5.74) is 2.38. The molecule has 5 rings (SSSR count). The average Bonchev–Trinajstić information content (AvgIpc) is 3.37. The number of hydrogen-bond donors (Lipinski definition) is 1. The molecule has 9 heteroatoms. The summed E-state index contributed by atoms with van der Waals surface area (Å²) in [6.07, 6.45) is -1.28. The minimum absolute atomic E-state index is 0.00561. The summed E-state index contributed by atoms with van der Waals surface area (Å²) in [5.74, 6) is 0.00527. The SMILES string of the molecule is O=C1c2cc(CO)cc(C(F)(F)F)c2CN1c1cccc([C@H](c2nncs2)C2CCC2)c1. The van der Waals surface area contributed by atoms with Crippen molar-refractivity contribution in [2.24, 2.45) is 5.92 Å². The number of aromatic nitrogens is 2. The fraction of sp³-hybridized carbons (Fsp3) is 0.348. The number of fused-ring (bicyclic) bond motifs is 1. The molecule has 1 fully saturated rings. The lowest BCUT2D eigenvalue weighted by Crippen LogP contribution is -2.24. The predicted molar refractivity (Wildman–Crippen MR) is 113 cm³/mol. The molecule has 166 valence electrons. The smallest absolute Gasteiger partial charge is 0.392 e. The van der Waals surface area contributed by atoms with Gasteiger partial charge in [0.25, 0.3) is 5.91 Å². The Hall–Kier alpha value is -2.78. The topological polar surface area (TPSA) is 66.3 Å². The van der Waals surface area contributed by atoms with Gasteiger partial charge in [0.05, 0.1) is 18.7 Å². The van der Waals surface area contributed by atoms with Crippen molar-refractivity contribution in [3.63, 3.8) is 0 Å². The molecule has 0 saturated heterocycles. The van der Waals surface area contributed by atoms with E-state index in [0.29, 0.717) is 11.6 Å². The third-order valence-electron chi connectivity index (χ3n) is 6.39. The summed E-state index contributed by atoms with van der Waals surface area (Å²) in [6.45, 7) is -0.727. The zero-order chi connectivity index (χ0) is 22.5. The third-order valence-corrected chi connectivity index (χ3v) is 7.17. The molecular weight excluding hydrogens is 439 g/mol. The highest BCUT2D eigenvalue weighted by molar-refractivity contribution is 7.09. The first kappa shape index (κ1) is 21.1. The molecule has 1 N–H and O–H groups in total. The number of carbonyl (C=O) groups excluding carboxylic acids is 1. The minimum atomic E-state index is -4.61. The van der Waals surface area contributed by atoms with Gasteiger partial charge in [0.15, 0.2) is 0 Å². The van der Waals surface area contributed by atoms with Crippen LogP contribution in [0.2, 0.25) is 0 Å². The van der Waals surface area contributed by atoms with Gasteiger partial charge in [-0.3, -0.25) is 4.79 Å². The number of rotatable bonds is 5. The van der Waals surface area contributed by atoms with Gasteiger partial charge in [-0.25, -0.2) is 0 Å². The summed E-state index contributed by atoms with van der Waals surface area (Å²) in [4.78, 5) is 14.5. The van der Waals surface area contributed by atoms with Crippen LogP contribution in [0.1, 0.15) is 62.8 Å². The Morgan fingerprint density at radius 3 is 2.66 bits per heavy atom. The molecule has 3 aromatic rings. The second kappa shape index (κ2) is 7.97. The van der Waals surface area contributed by atoms with Crippen molar-refractivity contribution in [2.45, 2.75) is 44.5 Å². The number of aliphatic hydroxyl groups is 1. The fourth-order valence-electron chi connectivity index (χ4n) is 4.61. The number of aliphatic hydroxyl groups excluding tert-OH is 1. The van der Waals surface area contributed by atoms with Crippen LogP contribution in [-0.4, -0.2) is 21.2 Å². The summed E-state index contributed by atoms with van der Waals surface area (Å²) < 4.78 is 41.0. The van der Waals surface area contributed by atoms with Crippen molar-refractivity contribution >= 4 is 22.9 Å². The number of nitrogens with zero attached hydrogens (tertiary/aromatic N) is 3. The molecule has 1 aliphatic carbocycles. The number of halogens is 3. The number of hydrogen-bond acceptors (Lipinski definition) is 5. The lowest BCUT2D eigenvalue weighted by Gasteiger charge is -2.33. The molecule has 0 bridgehead atoms. The van der Waals surface area contributed by atoms with Gasteiger partial charge in [-0.2, -0.15) is 13.2 Å². The van der Waals surface area contributed by atoms with Crippen LogP contribution in [0.4, 0.5) is 18.9 Å². The second-order valence-corrected chi connectivity index (χ2v) is 9.12. The van der Waals surface area contributed by atoms with E-state index >= 15 is 0 Å².